The predicted molar refractivity (Wildman–Crippen MR) is 70.8 cm³/mol. The topological polar surface area (TPSA) is 47.0 Å². The summed E-state index contributed by atoms with van der Waals surface area (Å²) < 4.78 is 5.29. The van der Waals surface area contributed by atoms with E-state index in [1.165, 1.54) is 0 Å². The Morgan fingerprint density at radius 1 is 1.41 bits per heavy atom. The summed E-state index contributed by atoms with van der Waals surface area (Å²) in [6.07, 6.45) is 4.26. The van der Waals surface area contributed by atoms with E-state index >= 15 is 0 Å². The van der Waals surface area contributed by atoms with E-state index in [0.717, 1.165) is 18.8 Å². The molecule has 0 aliphatic heterocycles. The maximum absolute atomic E-state index is 5.76. The molecule has 0 saturated heterocycles. The molecule has 17 heavy (non-hydrogen) atoms. The second-order valence-electron chi connectivity index (χ2n) is 4.63. The molecule has 0 spiro atoms. The van der Waals surface area contributed by atoms with Crippen LogP contribution in [0.1, 0.15) is 27.2 Å². The first-order chi connectivity index (χ1) is 8.07. The summed E-state index contributed by atoms with van der Waals surface area (Å²) in [5.41, 5.74) is 0.144. The zero-order valence-electron chi connectivity index (χ0n) is 10.7. The van der Waals surface area contributed by atoms with Gasteiger partial charge in [0, 0.05) is 12.4 Å². The summed E-state index contributed by atoms with van der Waals surface area (Å²) in [4.78, 5) is 8.37. The summed E-state index contributed by atoms with van der Waals surface area (Å²) >= 11 is 5.76. The highest BCUT2D eigenvalue weighted by Crippen LogP contribution is 2.21. The molecule has 1 heterocycles. The highest BCUT2D eigenvalue weighted by Gasteiger charge is 2.16. The van der Waals surface area contributed by atoms with E-state index in [0.29, 0.717) is 18.4 Å². The molecule has 4 nitrogen and oxygen atoms in total. The van der Waals surface area contributed by atoms with E-state index < -0.39 is 0 Å². The van der Waals surface area contributed by atoms with Crippen LogP contribution < -0.4 is 10.1 Å². The summed E-state index contributed by atoms with van der Waals surface area (Å²) in [7, 11) is 0. The SMILES string of the molecule is CCOc1cncc(NCC(C)(C)CCCl)n1. The first-order valence-corrected chi connectivity index (χ1v) is 6.35. The van der Waals surface area contributed by atoms with Crippen molar-refractivity contribution in [1.82, 2.24) is 9.97 Å². The molecule has 0 fully saturated rings. The van der Waals surface area contributed by atoms with Crippen LogP contribution in [0.5, 0.6) is 5.88 Å². The molecule has 1 rings (SSSR count). The zero-order chi connectivity index (χ0) is 12.7. The summed E-state index contributed by atoms with van der Waals surface area (Å²) in [5.74, 6) is 1.95. The quantitative estimate of drug-likeness (QED) is 0.763. The molecule has 0 bridgehead atoms. The molecule has 5 heteroatoms. The first-order valence-electron chi connectivity index (χ1n) is 5.82. The fraction of sp³-hybridized carbons (Fsp3) is 0.667. The first kappa shape index (κ1) is 14.0. The standard InChI is InChI=1S/C12H20ClN3O/c1-4-17-11-8-14-7-10(16-11)15-9-12(2,3)5-6-13/h7-8H,4-6,9H2,1-3H3,(H,15,16). The maximum Gasteiger partial charge on any atom is 0.234 e. The van der Waals surface area contributed by atoms with Gasteiger partial charge in [-0.2, -0.15) is 4.98 Å². The number of rotatable bonds is 7. The molecule has 0 atom stereocenters. The molecule has 0 saturated carbocycles. The molecule has 0 aliphatic rings. The van der Waals surface area contributed by atoms with Gasteiger partial charge in [-0.25, -0.2) is 0 Å². The van der Waals surface area contributed by atoms with Crippen LogP contribution in [0.4, 0.5) is 5.82 Å². The minimum absolute atomic E-state index is 0.144. The Bertz CT molecular complexity index is 344. The number of anilines is 1. The van der Waals surface area contributed by atoms with Gasteiger partial charge in [0.05, 0.1) is 19.0 Å². The molecule has 0 radical (unpaired) electrons. The molecule has 0 aromatic carbocycles. The highest BCUT2D eigenvalue weighted by atomic mass is 35.5. The number of ether oxygens (including phenoxy) is 1. The lowest BCUT2D eigenvalue weighted by Gasteiger charge is -2.24. The van der Waals surface area contributed by atoms with Gasteiger partial charge in [-0.15, -0.1) is 11.6 Å². The second kappa shape index (κ2) is 6.64. The third kappa shape index (κ3) is 5.22. The number of nitrogens with one attached hydrogen (secondary N) is 1. The smallest absolute Gasteiger partial charge is 0.234 e. The van der Waals surface area contributed by atoms with Gasteiger partial charge >= 0.3 is 0 Å². The van der Waals surface area contributed by atoms with Crippen LogP contribution in [0.3, 0.4) is 0 Å². The average Bonchev–Trinajstić information content (AvgIpc) is 2.28. The Morgan fingerprint density at radius 2 is 2.18 bits per heavy atom. The van der Waals surface area contributed by atoms with Gasteiger partial charge in [0.1, 0.15) is 5.82 Å². The number of aromatic nitrogens is 2. The van der Waals surface area contributed by atoms with Gasteiger partial charge in [0.25, 0.3) is 0 Å². The van der Waals surface area contributed by atoms with Crippen molar-refractivity contribution in [2.24, 2.45) is 5.41 Å². The molecule has 0 unspecified atom stereocenters. The van der Waals surface area contributed by atoms with E-state index in [1.807, 2.05) is 6.92 Å². The summed E-state index contributed by atoms with van der Waals surface area (Å²) in [6.45, 7) is 7.66. The molecule has 0 aliphatic carbocycles. The third-order valence-electron chi connectivity index (χ3n) is 2.42. The average molecular weight is 258 g/mol. The van der Waals surface area contributed by atoms with Gasteiger partial charge in [-0.1, -0.05) is 13.8 Å². The van der Waals surface area contributed by atoms with Gasteiger partial charge in [0.2, 0.25) is 5.88 Å². The molecular formula is C12H20ClN3O. The van der Waals surface area contributed by atoms with E-state index in [-0.39, 0.29) is 5.41 Å². The lowest BCUT2D eigenvalue weighted by Crippen LogP contribution is -2.24. The lowest BCUT2D eigenvalue weighted by atomic mass is 9.90. The second-order valence-corrected chi connectivity index (χ2v) is 5.01. The largest absolute Gasteiger partial charge is 0.477 e. The zero-order valence-corrected chi connectivity index (χ0v) is 11.4. The fourth-order valence-corrected chi connectivity index (χ4v) is 1.84. The monoisotopic (exact) mass is 257 g/mol. The lowest BCUT2D eigenvalue weighted by molar-refractivity contribution is 0.325. The van der Waals surface area contributed by atoms with E-state index in [4.69, 9.17) is 16.3 Å². The Balaban J connectivity index is 2.53. The van der Waals surface area contributed by atoms with Crippen molar-refractivity contribution in [3.8, 4) is 5.88 Å². The third-order valence-corrected chi connectivity index (χ3v) is 2.61. The Labute approximate surface area is 108 Å². The number of hydrogen-bond donors (Lipinski definition) is 1. The van der Waals surface area contributed by atoms with Crippen LogP contribution in [0.15, 0.2) is 12.4 Å². The van der Waals surface area contributed by atoms with Crippen LogP contribution in [0, 0.1) is 5.41 Å². The molecule has 96 valence electrons. The van der Waals surface area contributed by atoms with Crippen molar-refractivity contribution >= 4 is 17.4 Å². The summed E-state index contributed by atoms with van der Waals surface area (Å²) in [6, 6.07) is 0. The minimum Gasteiger partial charge on any atom is -0.477 e. The highest BCUT2D eigenvalue weighted by molar-refractivity contribution is 6.17. The van der Waals surface area contributed by atoms with Crippen molar-refractivity contribution in [2.75, 3.05) is 24.3 Å². The van der Waals surface area contributed by atoms with Crippen molar-refractivity contribution < 1.29 is 4.74 Å². The van der Waals surface area contributed by atoms with Crippen molar-refractivity contribution in [1.29, 1.82) is 0 Å². The Kier molecular flexibility index (Phi) is 5.48. The Morgan fingerprint density at radius 3 is 2.82 bits per heavy atom. The van der Waals surface area contributed by atoms with E-state index in [2.05, 4.69) is 29.1 Å². The number of nitrogens with zero attached hydrogens (tertiary/aromatic N) is 2. The molecule has 1 N–H and O–H groups in total. The van der Waals surface area contributed by atoms with Crippen molar-refractivity contribution in [2.45, 2.75) is 27.2 Å². The van der Waals surface area contributed by atoms with Gasteiger partial charge < -0.3 is 10.1 Å². The fourth-order valence-electron chi connectivity index (χ4n) is 1.32. The van der Waals surface area contributed by atoms with Crippen LogP contribution in [0.25, 0.3) is 0 Å². The predicted octanol–water partition coefficient (Wildman–Crippen LogP) is 2.94. The van der Waals surface area contributed by atoms with Crippen molar-refractivity contribution in [3.63, 3.8) is 0 Å². The molecular weight excluding hydrogens is 238 g/mol. The van der Waals surface area contributed by atoms with E-state index in [9.17, 15) is 0 Å². The van der Waals surface area contributed by atoms with Crippen molar-refractivity contribution in [3.05, 3.63) is 12.4 Å². The van der Waals surface area contributed by atoms with Gasteiger partial charge in [-0.3, -0.25) is 4.98 Å². The number of halogens is 1. The van der Waals surface area contributed by atoms with Crippen LogP contribution in [-0.4, -0.2) is 29.0 Å². The normalized spacial score (nSPS) is 11.3. The number of alkyl halides is 1. The molecule has 0 amide bonds. The van der Waals surface area contributed by atoms with Crippen LogP contribution >= 0.6 is 11.6 Å². The number of hydrogen-bond acceptors (Lipinski definition) is 4. The maximum atomic E-state index is 5.76. The van der Waals surface area contributed by atoms with Gasteiger partial charge in [0.15, 0.2) is 0 Å². The minimum atomic E-state index is 0.144. The molecule has 1 aromatic heterocycles. The van der Waals surface area contributed by atoms with Crippen LogP contribution in [-0.2, 0) is 0 Å². The summed E-state index contributed by atoms with van der Waals surface area (Å²) in [5, 5.41) is 3.26. The Hall–Kier alpha value is -1.03. The van der Waals surface area contributed by atoms with E-state index in [1.54, 1.807) is 12.4 Å². The van der Waals surface area contributed by atoms with Crippen LogP contribution in [0.2, 0.25) is 0 Å². The molecule has 1 aromatic rings. The van der Waals surface area contributed by atoms with Gasteiger partial charge in [-0.05, 0) is 18.8 Å².